The molecule has 0 radical (unpaired) electrons. The van der Waals surface area contributed by atoms with Crippen molar-refractivity contribution in [3.63, 3.8) is 0 Å². The Morgan fingerprint density at radius 1 is 1.29 bits per heavy atom. The van der Waals surface area contributed by atoms with Crippen LogP contribution in [0.25, 0.3) is 0 Å². The van der Waals surface area contributed by atoms with Crippen LogP contribution in [0.4, 0.5) is 11.6 Å². The van der Waals surface area contributed by atoms with Gasteiger partial charge in [-0.3, -0.25) is 14.9 Å². The van der Waals surface area contributed by atoms with Gasteiger partial charge in [0.2, 0.25) is 18.3 Å². The first-order valence-corrected chi connectivity index (χ1v) is 5.45. The molecule has 0 unspecified atom stereocenters. The number of amides is 2. The second-order valence-corrected chi connectivity index (χ2v) is 4.13. The summed E-state index contributed by atoms with van der Waals surface area (Å²) in [5.41, 5.74) is 0.103. The van der Waals surface area contributed by atoms with Crippen molar-refractivity contribution >= 4 is 47.2 Å². The fraction of sp³-hybridized carbons (Fsp3) is 0.333. The Morgan fingerprint density at radius 3 is 2.24 bits per heavy atom. The molecule has 0 aliphatic rings. The van der Waals surface area contributed by atoms with E-state index in [2.05, 4.69) is 20.6 Å². The van der Waals surface area contributed by atoms with Gasteiger partial charge in [-0.15, -0.1) is 0 Å². The molecule has 1 rings (SSSR count). The fourth-order valence-corrected chi connectivity index (χ4v) is 1.39. The summed E-state index contributed by atoms with van der Waals surface area (Å²) in [5, 5.41) is 4.62. The van der Waals surface area contributed by atoms with Gasteiger partial charge in [-0.2, -0.15) is 9.97 Å². The molecule has 0 atom stereocenters. The molecule has 1 aromatic rings. The molecule has 1 aromatic heterocycles. The van der Waals surface area contributed by atoms with Crippen LogP contribution in [-0.2, 0) is 9.59 Å². The molecular weight excluding hydrogens is 267 g/mol. The highest BCUT2D eigenvalue weighted by Gasteiger charge is 2.14. The average Bonchev–Trinajstić information content (AvgIpc) is 2.23. The molecule has 2 amide bonds. The Labute approximate surface area is 108 Å². The zero-order valence-electron chi connectivity index (χ0n) is 9.12. The molecule has 6 nitrogen and oxygen atoms in total. The smallest absolute Gasteiger partial charge is 0.232 e. The average molecular weight is 277 g/mol. The molecule has 0 aliphatic heterocycles. The summed E-state index contributed by atoms with van der Waals surface area (Å²) < 4.78 is 0. The summed E-state index contributed by atoms with van der Waals surface area (Å²) >= 11 is 11.5. The van der Waals surface area contributed by atoms with E-state index in [0.29, 0.717) is 6.41 Å². The third kappa shape index (κ3) is 3.54. The topological polar surface area (TPSA) is 84.0 Å². The van der Waals surface area contributed by atoms with Crippen LogP contribution in [0.5, 0.6) is 0 Å². The predicted octanol–water partition coefficient (Wildman–Crippen LogP) is 1.95. The first kappa shape index (κ1) is 13.7. The van der Waals surface area contributed by atoms with Crippen molar-refractivity contribution in [3.05, 3.63) is 10.3 Å². The molecule has 0 saturated heterocycles. The van der Waals surface area contributed by atoms with E-state index < -0.39 is 0 Å². The Bertz CT molecular complexity index is 428. The lowest BCUT2D eigenvalue weighted by molar-refractivity contribution is -0.119. The quantitative estimate of drug-likeness (QED) is 0.650. The number of aromatic nitrogens is 2. The molecule has 0 saturated carbocycles. The third-order valence-corrected chi connectivity index (χ3v) is 2.33. The highest BCUT2D eigenvalue weighted by Crippen LogP contribution is 2.27. The van der Waals surface area contributed by atoms with Gasteiger partial charge in [-0.1, -0.05) is 37.0 Å². The van der Waals surface area contributed by atoms with Gasteiger partial charge < -0.3 is 5.32 Å². The standard InChI is InChI=1S/C9H10Cl2N4O2/c1-4(2)8(17)15-9-13-6(10)5(12-3-16)7(11)14-9/h3-4H,1-2H3,(H,12,16)(H,13,14,15,17). The number of nitrogens with zero attached hydrogens (tertiary/aromatic N) is 2. The van der Waals surface area contributed by atoms with Crippen LogP contribution in [0.2, 0.25) is 10.3 Å². The zero-order chi connectivity index (χ0) is 13.0. The number of nitrogens with one attached hydrogen (secondary N) is 2. The van der Waals surface area contributed by atoms with E-state index in [-0.39, 0.29) is 33.8 Å². The Kier molecular flexibility index (Phi) is 4.65. The molecular formula is C9H10Cl2N4O2. The van der Waals surface area contributed by atoms with Crippen molar-refractivity contribution in [3.8, 4) is 0 Å². The van der Waals surface area contributed by atoms with Crippen molar-refractivity contribution < 1.29 is 9.59 Å². The maximum atomic E-state index is 11.4. The van der Waals surface area contributed by atoms with Gasteiger partial charge in [0.15, 0.2) is 10.3 Å². The maximum Gasteiger partial charge on any atom is 0.232 e. The molecule has 0 spiro atoms. The van der Waals surface area contributed by atoms with Crippen LogP contribution >= 0.6 is 23.2 Å². The molecule has 92 valence electrons. The van der Waals surface area contributed by atoms with Crippen molar-refractivity contribution in [2.75, 3.05) is 10.6 Å². The first-order valence-electron chi connectivity index (χ1n) is 4.69. The van der Waals surface area contributed by atoms with Crippen molar-refractivity contribution in [2.24, 2.45) is 5.92 Å². The summed E-state index contributed by atoms with van der Waals surface area (Å²) in [6.45, 7) is 3.45. The van der Waals surface area contributed by atoms with E-state index in [4.69, 9.17) is 23.2 Å². The number of carbonyl (C=O) groups excluding carboxylic acids is 2. The lowest BCUT2D eigenvalue weighted by Gasteiger charge is -2.09. The van der Waals surface area contributed by atoms with Gasteiger partial charge in [0.05, 0.1) is 0 Å². The number of anilines is 2. The molecule has 2 N–H and O–H groups in total. The summed E-state index contributed by atoms with van der Waals surface area (Å²) in [7, 11) is 0. The van der Waals surface area contributed by atoms with Gasteiger partial charge in [0, 0.05) is 5.92 Å². The van der Waals surface area contributed by atoms with Crippen LogP contribution in [0.1, 0.15) is 13.8 Å². The molecule has 0 fully saturated rings. The second kappa shape index (κ2) is 5.79. The summed E-state index contributed by atoms with van der Waals surface area (Å²) in [6.07, 6.45) is 0.406. The molecule has 1 heterocycles. The van der Waals surface area contributed by atoms with Crippen molar-refractivity contribution in [2.45, 2.75) is 13.8 Å². The molecule has 0 bridgehead atoms. The fourth-order valence-electron chi connectivity index (χ4n) is 0.896. The largest absolute Gasteiger partial charge is 0.324 e. The monoisotopic (exact) mass is 276 g/mol. The predicted molar refractivity (Wildman–Crippen MR) is 65.2 cm³/mol. The first-order chi connectivity index (χ1) is 7.95. The number of hydrogen-bond acceptors (Lipinski definition) is 4. The van der Waals surface area contributed by atoms with Crippen LogP contribution in [-0.4, -0.2) is 22.3 Å². The zero-order valence-corrected chi connectivity index (χ0v) is 10.6. The van der Waals surface area contributed by atoms with Crippen LogP contribution < -0.4 is 10.6 Å². The van der Waals surface area contributed by atoms with E-state index in [1.807, 2.05) is 0 Å². The third-order valence-electron chi connectivity index (χ3n) is 1.78. The highest BCUT2D eigenvalue weighted by atomic mass is 35.5. The van der Waals surface area contributed by atoms with Crippen LogP contribution in [0, 0.1) is 5.92 Å². The number of carbonyl (C=O) groups is 2. The number of rotatable bonds is 4. The van der Waals surface area contributed by atoms with Crippen molar-refractivity contribution in [1.29, 1.82) is 0 Å². The lowest BCUT2D eigenvalue weighted by Crippen LogP contribution is -2.19. The second-order valence-electron chi connectivity index (χ2n) is 3.41. The Morgan fingerprint density at radius 2 is 1.82 bits per heavy atom. The van der Waals surface area contributed by atoms with E-state index in [0.717, 1.165) is 0 Å². The lowest BCUT2D eigenvalue weighted by atomic mass is 10.2. The minimum absolute atomic E-state index is 0.00449. The Hall–Kier alpha value is -1.40. The molecule has 0 aromatic carbocycles. The summed E-state index contributed by atoms with van der Waals surface area (Å²) in [4.78, 5) is 29.3. The van der Waals surface area contributed by atoms with Crippen molar-refractivity contribution in [1.82, 2.24) is 9.97 Å². The highest BCUT2D eigenvalue weighted by molar-refractivity contribution is 6.38. The van der Waals surface area contributed by atoms with Gasteiger partial charge in [-0.25, -0.2) is 0 Å². The van der Waals surface area contributed by atoms with Gasteiger partial charge in [0.1, 0.15) is 5.69 Å². The normalized spacial score (nSPS) is 10.2. The van der Waals surface area contributed by atoms with Gasteiger partial charge >= 0.3 is 0 Å². The molecule has 8 heteroatoms. The van der Waals surface area contributed by atoms with E-state index in [1.54, 1.807) is 13.8 Å². The SMILES string of the molecule is CC(C)C(=O)Nc1nc(Cl)c(NC=O)c(Cl)n1. The number of hydrogen-bond donors (Lipinski definition) is 2. The van der Waals surface area contributed by atoms with Gasteiger partial charge in [-0.05, 0) is 0 Å². The van der Waals surface area contributed by atoms with E-state index >= 15 is 0 Å². The minimum atomic E-state index is -0.256. The van der Waals surface area contributed by atoms with Gasteiger partial charge in [0.25, 0.3) is 0 Å². The minimum Gasteiger partial charge on any atom is -0.324 e. The van der Waals surface area contributed by atoms with Crippen LogP contribution in [0.15, 0.2) is 0 Å². The molecule has 0 aliphatic carbocycles. The maximum absolute atomic E-state index is 11.4. The number of halogens is 2. The summed E-state index contributed by atoms with van der Waals surface area (Å²) in [6, 6.07) is 0. The Balaban J connectivity index is 2.98. The van der Waals surface area contributed by atoms with E-state index in [9.17, 15) is 9.59 Å². The van der Waals surface area contributed by atoms with Crippen LogP contribution in [0.3, 0.4) is 0 Å². The molecule has 17 heavy (non-hydrogen) atoms. The summed E-state index contributed by atoms with van der Waals surface area (Å²) in [5.74, 6) is -0.479. The van der Waals surface area contributed by atoms with E-state index in [1.165, 1.54) is 0 Å².